The molecule has 1 aromatic carbocycles. The van der Waals surface area contributed by atoms with Gasteiger partial charge in [0.25, 0.3) is 0 Å². The molecule has 1 aromatic rings. The standard InChI is InChI=1S/C16H22N2O2/c1-11(2)12(3)17-16(20)10-7-14-5-8-15(9-6-14)18-13(4)19/h5-12H,1-4H3,(H,17,20)(H,18,19)/b10-7+. The number of carbonyl (C=O) groups is 2. The van der Waals surface area contributed by atoms with E-state index in [0.29, 0.717) is 5.92 Å². The van der Waals surface area contributed by atoms with Gasteiger partial charge < -0.3 is 10.6 Å². The van der Waals surface area contributed by atoms with Gasteiger partial charge in [-0.15, -0.1) is 0 Å². The topological polar surface area (TPSA) is 58.2 Å². The molecule has 0 heterocycles. The van der Waals surface area contributed by atoms with Gasteiger partial charge in [0.1, 0.15) is 0 Å². The fraction of sp³-hybridized carbons (Fsp3) is 0.375. The average molecular weight is 274 g/mol. The molecule has 1 unspecified atom stereocenters. The molecule has 0 radical (unpaired) electrons. The number of hydrogen-bond acceptors (Lipinski definition) is 2. The summed E-state index contributed by atoms with van der Waals surface area (Å²) in [6.07, 6.45) is 3.27. The Morgan fingerprint density at radius 2 is 1.70 bits per heavy atom. The second-order valence-corrected chi connectivity index (χ2v) is 5.18. The van der Waals surface area contributed by atoms with Crippen LogP contribution in [0.4, 0.5) is 5.69 Å². The van der Waals surface area contributed by atoms with Crippen molar-refractivity contribution in [1.82, 2.24) is 5.32 Å². The number of anilines is 1. The number of rotatable bonds is 5. The zero-order chi connectivity index (χ0) is 15.1. The van der Waals surface area contributed by atoms with Crippen LogP contribution in [0.1, 0.15) is 33.3 Å². The van der Waals surface area contributed by atoms with Crippen molar-refractivity contribution in [2.75, 3.05) is 5.32 Å². The summed E-state index contributed by atoms with van der Waals surface area (Å²) in [6, 6.07) is 7.45. The SMILES string of the molecule is CC(=O)Nc1ccc(/C=C/C(=O)NC(C)C(C)C)cc1. The summed E-state index contributed by atoms with van der Waals surface area (Å²) in [5, 5.41) is 5.60. The molecule has 108 valence electrons. The summed E-state index contributed by atoms with van der Waals surface area (Å²) in [6.45, 7) is 7.58. The largest absolute Gasteiger partial charge is 0.350 e. The molecular formula is C16H22N2O2. The summed E-state index contributed by atoms with van der Waals surface area (Å²) in [7, 11) is 0. The third-order valence-corrected chi connectivity index (χ3v) is 3.03. The maximum atomic E-state index is 11.7. The lowest BCUT2D eigenvalue weighted by Crippen LogP contribution is -2.34. The minimum absolute atomic E-state index is 0.0999. The first-order chi connectivity index (χ1) is 9.38. The number of amides is 2. The molecule has 0 spiro atoms. The molecule has 0 saturated carbocycles. The zero-order valence-electron chi connectivity index (χ0n) is 12.4. The van der Waals surface area contributed by atoms with E-state index in [1.54, 1.807) is 18.2 Å². The zero-order valence-corrected chi connectivity index (χ0v) is 12.4. The van der Waals surface area contributed by atoms with Gasteiger partial charge in [0.2, 0.25) is 11.8 Å². The van der Waals surface area contributed by atoms with Crippen LogP contribution in [0.25, 0.3) is 6.08 Å². The van der Waals surface area contributed by atoms with Crippen LogP contribution in [0.2, 0.25) is 0 Å². The maximum absolute atomic E-state index is 11.7. The van der Waals surface area contributed by atoms with Crippen LogP contribution in [0.3, 0.4) is 0 Å². The van der Waals surface area contributed by atoms with Crippen molar-refractivity contribution in [2.24, 2.45) is 5.92 Å². The quantitative estimate of drug-likeness (QED) is 0.811. The average Bonchev–Trinajstić information content (AvgIpc) is 2.37. The first-order valence-electron chi connectivity index (χ1n) is 6.74. The highest BCUT2D eigenvalue weighted by atomic mass is 16.2. The molecule has 2 N–H and O–H groups in total. The molecule has 0 aliphatic carbocycles. The normalized spacial score (nSPS) is 12.4. The second-order valence-electron chi connectivity index (χ2n) is 5.18. The summed E-state index contributed by atoms with van der Waals surface area (Å²) in [5.41, 5.74) is 1.65. The van der Waals surface area contributed by atoms with Crippen molar-refractivity contribution < 1.29 is 9.59 Å². The molecule has 0 aliphatic rings. The molecule has 0 fully saturated rings. The maximum Gasteiger partial charge on any atom is 0.244 e. The van der Waals surface area contributed by atoms with Gasteiger partial charge in [-0.25, -0.2) is 0 Å². The molecule has 0 aliphatic heterocycles. The Morgan fingerprint density at radius 1 is 1.10 bits per heavy atom. The van der Waals surface area contributed by atoms with Crippen LogP contribution >= 0.6 is 0 Å². The monoisotopic (exact) mass is 274 g/mol. The Hall–Kier alpha value is -2.10. The first kappa shape index (κ1) is 16.0. The molecule has 1 rings (SSSR count). The van der Waals surface area contributed by atoms with Crippen molar-refractivity contribution in [3.63, 3.8) is 0 Å². The van der Waals surface area contributed by atoms with Crippen molar-refractivity contribution in [3.05, 3.63) is 35.9 Å². The third-order valence-electron chi connectivity index (χ3n) is 3.03. The van der Waals surface area contributed by atoms with Crippen LogP contribution in [0.15, 0.2) is 30.3 Å². The predicted molar refractivity (Wildman–Crippen MR) is 82.2 cm³/mol. The summed E-state index contributed by atoms with van der Waals surface area (Å²) in [4.78, 5) is 22.6. The van der Waals surface area contributed by atoms with E-state index in [0.717, 1.165) is 11.3 Å². The van der Waals surface area contributed by atoms with Crippen LogP contribution in [0.5, 0.6) is 0 Å². The first-order valence-corrected chi connectivity index (χ1v) is 6.74. The van der Waals surface area contributed by atoms with Gasteiger partial charge in [0.05, 0.1) is 0 Å². The molecule has 2 amide bonds. The highest BCUT2D eigenvalue weighted by Gasteiger charge is 2.08. The molecule has 0 aromatic heterocycles. The summed E-state index contributed by atoms with van der Waals surface area (Å²) < 4.78 is 0. The number of carbonyl (C=O) groups excluding carboxylic acids is 2. The summed E-state index contributed by atoms with van der Waals surface area (Å²) >= 11 is 0. The van der Waals surface area contributed by atoms with Gasteiger partial charge >= 0.3 is 0 Å². The molecular weight excluding hydrogens is 252 g/mol. The van der Waals surface area contributed by atoms with E-state index in [1.807, 2.05) is 19.1 Å². The smallest absolute Gasteiger partial charge is 0.244 e. The van der Waals surface area contributed by atoms with Gasteiger partial charge in [0.15, 0.2) is 0 Å². The van der Waals surface area contributed by atoms with Gasteiger partial charge in [0, 0.05) is 24.7 Å². The molecule has 4 heteroatoms. The van der Waals surface area contributed by atoms with Crippen molar-refractivity contribution in [2.45, 2.75) is 33.7 Å². The number of hydrogen-bond donors (Lipinski definition) is 2. The van der Waals surface area contributed by atoms with Crippen LogP contribution in [0, 0.1) is 5.92 Å². The summed E-state index contributed by atoms with van der Waals surface area (Å²) in [5.74, 6) is 0.205. The number of benzene rings is 1. The molecule has 0 saturated heterocycles. The third kappa shape index (κ3) is 5.69. The lowest BCUT2D eigenvalue weighted by Gasteiger charge is -2.15. The minimum Gasteiger partial charge on any atom is -0.350 e. The van der Waals surface area contributed by atoms with E-state index in [-0.39, 0.29) is 17.9 Å². The Morgan fingerprint density at radius 3 is 2.20 bits per heavy atom. The second kappa shape index (κ2) is 7.48. The van der Waals surface area contributed by atoms with Crippen molar-refractivity contribution >= 4 is 23.6 Å². The Bertz CT molecular complexity index is 490. The van der Waals surface area contributed by atoms with Crippen LogP contribution in [-0.4, -0.2) is 17.9 Å². The minimum atomic E-state index is -0.102. The Balaban J connectivity index is 2.57. The Labute approximate surface area is 120 Å². The lowest BCUT2D eigenvalue weighted by molar-refractivity contribution is -0.117. The van der Waals surface area contributed by atoms with E-state index in [9.17, 15) is 9.59 Å². The highest BCUT2D eigenvalue weighted by Crippen LogP contribution is 2.10. The number of nitrogens with one attached hydrogen (secondary N) is 2. The Kier molecular flexibility index (Phi) is 5.97. The van der Waals surface area contributed by atoms with E-state index >= 15 is 0 Å². The van der Waals surface area contributed by atoms with E-state index in [2.05, 4.69) is 24.5 Å². The van der Waals surface area contributed by atoms with Crippen molar-refractivity contribution in [3.8, 4) is 0 Å². The van der Waals surface area contributed by atoms with E-state index < -0.39 is 0 Å². The predicted octanol–water partition coefficient (Wildman–Crippen LogP) is 2.82. The fourth-order valence-electron chi connectivity index (χ4n) is 1.49. The highest BCUT2D eigenvalue weighted by molar-refractivity contribution is 5.92. The van der Waals surface area contributed by atoms with Crippen LogP contribution in [-0.2, 0) is 9.59 Å². The molecule has 0 bridgehead atoms. The van der Waals surface area contributed by atoms with Gasteiger partial charge in [-0.1, -0.05) is 26.0 Å². The molecule has 1 atom stereocenters. The molecule has 20 heavy (non-hydrogen) atoms. The molecule has 4 nitrogen and oxygen atoms in total. The lowest BCUT2D eigenvalue weighted by atomic mass is 10.1. The van der Waals surface area contributed by atoms with E-state index in [4.69, 9.17) is 0 Å². The van der Waals surface area contributed by atoms with Gasteiger partial charge in [-0.3, -0.25) is 9.59 Å². The van der Waals surface area contributed by atoms with Gasteiger partial charge in [-0.2, -0.15) is 0 Å². The van der Waals surface area contributed by atoms with E-state index in [1.165, 1.54) is 13.0 Å². The van der Waals surface area contributed by atoms with Gasteiger partial charge in [-0.05, 0) is 36.6 Å². The van der Waals surface area contributed by atoms with Crippen LogP contribution < -0.4 is 10.6 Å². The fourth-order valence-corrected chi connectivity index (χ4v) is 1.49. The van der Waals surface area contributed by atoms with Crippen molar-refractivity contribution in [1.29, 1.82) is 0 Å².